The second kappa shape index (κ2) is 7.47. The van der Waals surface area contributed by atoms with Crippen LogP contribution in [0.25, 0.3) is 5.69 Å². The molecule has 0 spiro atoms. The number of carbonyl (C=O) groups is 1. The second-order valence-electron chi connectivity index (χ2n) is 7.01. The van der Waals surface area contributed by atoms with Crippen molar-refractivity contribution in [2.45, 2.75) is 32.5 Å². The van der Waals surface area contributed by atoms with E-state index in [2.05, 4.69) is 15.5 Å². The molecule has 8 heteroatoms. The van der Waals surface area contributed by atoms with Crippen molar-refractivity contribution in [2.75, 3.05) is 6.54 Å². The van der Waals surface area contributed by atoms with E-state index in [1.165, 1.54) is 0 Å². The Morgan fingerprint density at radius 2 is 2.14 bits per heavy atom. The van der Waals surface area contributed by atoms with E-state index >= 15 is 0 Å². The van der Waals surface area contributed by atoms with Crippen molar-refractivity contribution >= 4 is 6.03 Å². The number of para-hydroxylation sites is 1. The number of carbonyl (C=O) groups excluding carboxylic acids is 1. The number of amides is 2. The zero-order valence-corrected chi connectivity index (χ0v) is 16.0. The van der Waals surface area contributed by atoms with Gasteiger partial charge in [-0.2, -0.15) is 10.2 Å². The van der Waals surface area contributed by atoms with Gasteiger partial charge in [-0.15, -0.1) is 0 Å². The van der Waals surface area contributed by atoms with Gasteiger partial charge in [-0.25, -0.2) is 9.48 Å². The van der Waals surface area contributed by atoms with Crippen LogP contribution in [0, 0.1) is 0 Å². The summed E-state index contributed by atoms with van der Waals surface area (Å²) in [5.41, 5.74) is 4.62. The van der Waals surface area contributed by atoms with Gasteiger partial charge in [0.15, 0.2) is 0 Å². The van der Waals surface area contributed by atoms with E-state index in [1.54, 1.807) is 20.5 Å². The number of aliphatic hydroxyl groups excluding tert-OH is 1. The Bertz CT molecular complexity index is 979. The predicted octanol–water partition coefficient (Wildman–Crippen LogP) is 1.93. The number of benzene rings is 1. The van der Waals surface area contributed by atoms with Gasteiger partial charge in [-0.05, 0) is 24.6 Å². The van der Waals surface area contributed by atoms with E-state index in [0.29, 0.717) is 18.8 Å². The van der Waals surface area contributed by atoms with Crippen molar-refractivity contribution < 1.29 is 9.90 Å². The zero-order valence-electron chi connectivity index (χ0n) is 16.0. The third-order valence-electron chi connectivity index (χ3n) is 5.26. The van der Waals surface area contributed by atoms with Gasteiger partial charge in [0, 0.05) is 43.7 Å². The summed E-state index contributed by atoms with van der Waals surface area (Å²) in [5.74, 6) is 0. The summed E-state index contributed by atoms with van der Waals surface area (Å²) in [6, 6.07) is 9.48. The molecule has 2 N–H and O–H groups in total. The highest BCUT2D eigenvalue weighted by molar-refractivity contribution is 5.75. The van der Waals surface area contributed by atoms with Crippen molar-refractivity contribution in [1.29, 1.82) is 0 Å². The minimum Gasteiger partial charge on any atom is -0.390 e. The topological polar surface area (TPSA) is 88.2 Å². The van der Waals surface area contributed by atoms with Gasteiger partial charge in [0.05, 0.1) is 30.6 Å². The van der Waals surface area contributed by atoms with Crippen LogP contribution in [0.5, 0.6) is 0 Å². The van der Waals surface area contributed by atoms with Crippen LogP contribution in [0.4, 0.5) is 4.79 Å². The van der Waals surface area contributed by atoms with E-state index < -0.39 is 0 Å². The summed E-state index contributed by atoms with van der Waals surface area (Å²) in [4.78, 5) is 14.7. The van der Waals surface area contributed by atoms with Crippen LogP contribution in [0.1, 0.15) is 35.5 Å². The molecule has 4 rings (SSSR count). The number of urea groups is 1. The highest BCUT2D eigenvalue weighted by Crippen LogP contribution is 2.24. The molecule has 0 unspecified atom stereocenters. The van der Waals surface area contributed by atoms with Crippen molar-refractivity contribution in [3.05, 3.63) is 65.2 Å². The van der Waals surface area contributed by atoms with Gasteiger partial charge in [-0.3, -0.25) is 4.68 Å². The van der Waals surface area contributed by atoms with Gasteiger partial charge in [0.2, 0.25) is 0 Å². The lowest BCUT2D eigenvalue weighted by Gasteiger charge is -2.29. The number of hydrogen-bond acceptors (Lipinski definition) is 4. The zero-order chi connectivity index (χ0) is 19.7. The van der Waals surface area contributed by atoms with Crippen molar-refractivity contribution in [2.24, 2.45) is 7.05 Å². The number of nitrogens with zero attached hydrogens (tertiary/aromatic N) is 5. The van der Waals surface area contributed by atoms with Crippen LogP contribution in [-0.2, 0) is 26.6 Å². The first-order chi connectivity index (χ1) is 13.6. The molecule has 3 aromatic rings. The molecule has 1 atom stereocenters. The Balaban J connectivity index is 1.50. The van der Waals surface area contributed by atoms with Gasteiger partial charge in [0.25, 0.3) is 0 Å². The quantitative estimate of drug-likeness (QED) is 0.724. The van der Waals surface area contributed by atoms with Crippen LogP contribution in [0.15, 0.2) is 42.7 Å². The molecular weight excluding hydrogens is 356 g/mol. The fourth-order valence-corrected chi connectivity index (χ4v) is 3.80. The third kappa shape index (κ3) is 3.27. The summed E-state index contributed by atoms with van der Waals surface area (Å²) in [6.07, 6.45) is 4.35. The van der Waals surface area contributed by atoms with Crippen molar-refractivity contribution in [1.82, 2.24) is 29.8 Å². The third-order valence-corrected chi connectivity index (χ3v) is 5.26. The number of nitrogens with one attached hydrogen (secondary N) is 1. The highest BCUT2D eigenvalue weighted by Gasteiger charge is 2.27. The first-order valence-electron chi connectivity index (χ1n) is 9.37. The number of hydrogen-bond donors (Lipinski definition) is 2. The molecule has 8 nitrogen and oxygen atoms in total. The Labute approximate surface area is 163 Å². The van der Waals surface area contributed by atoms with Crippen LogP contribution in [-0.4, -0.2) is 42.1 Å². The molecule has 0 aliphatic carbocycles. The van der Waals surface area contributed by atoms with E-state index in [4.69, 9.17) is 0 Å². The van der Waals surface area contributed by atoms with Gasteiger partial charge >= 0.3 is 6.03 Å². The summed E-state index contributed by atoms with van der Waals surface area (Å²) in [7, 11) is 1.88. The van der Waals surface area contributed by atoms with Crippen molar-refractivity contribution in [3.8, 4) is 5.69 Å². The molecule has 1 aromatic carbocycles. The first kappa shape index (κ1) is 18.2. The van der Waals surface area contributed by atoms with Gasteiger partial charge in [-0.1, -0.05) is 18.2 Å². The number of aromatic nitrogens is 4. The second-order valence-corrected chi connectivity index (χ2v) is 7.01. The molecule has 0 radical (unpaired) electrons. The molecular formula is C20H24N6O2. The maximum atomic E-state index is 12.9. The Hall–Kier alpha value is -3.13. The number of rotatable bonds is 4. The maximum Gasteiger partial charge on any atom is 0.318 e. The van der Waals surface area contributed by atoms with Gasteiger partial charge in [0.1, 0.15) is 0 Å². The van der Waals surface area contributed by atoms with Crippen molar-refractivity contribution in [3.63, 3.8) is 0 Å². The summed E-state index contributed by atoms with van der Waals surface area (Å²) in [6.45, 7) is 2.93. The minimum absolute atomic E-state index is 0.119. The SMILES string of the molecule is C[C@H](NC(=O)N1CCc2c(c(CO)nn2C)C1)c1ccccc1-n1cccn1. The lowest BCUT2D eigenvalue weighted by molar-refractivity contribution is 0.187. The van der Waals surface area contributed by atoms with Crippen LogP contribution in [0.3, 0.4) is 0 Å². The normalized spacial score (nSPS) is 14.6. The van der Waals surface area contributed by atoms with E-state index in [9.17, 15) is 9.90 Å². The molecule has 0 fully saturated rings. The maximum absolute atomic E-state index is 12.9. The lowest BCUT2D eigenvalue weighted by Crippen LogP contribution is -2.44. The standard InChI is InChI=1S/C20H24N6O2/c1-14(15-6-3-4-7-19(15)26-10-5-9-21-26)22-20(28)25-11-8-18-16(12-25)17(13-27)23-24(18)2/h3-7,9-10,14,27H,8,11-13H2,1-2H3,(H,22,28)/t14-/m0/s1. The predicted molar refractivity (Wildman–Crippen MR) is 104 cm³/mol. The lowest BCUT2D eigenvalue weighted by atomic mass is 10.0. The Morgan fingerprint density at radius 1 is 1.32 bits per heavy atom. The summed E-state index contributed by atoms with van der Waals surface area (Å²) < 4.78 is 3.60. The molecule has 0 saturated carbocycles. The molecule has 2 amide bonds. The Kier molecular flexibility index (Phi) is 4.87. The highest BCUT2D eigenvalue weighted by atomic mass is 16.3. The smallest absolute Gasteiger partial charge is 0.318 e. The Morgan fingerprint density at radius 3 is 2.89 bits per heavy atom. The van der Waals surface area contributed by atoms with E-state index in [0.717, 1.165) is 28.9 Å². The number of fused-ring (bicyclic) bond motifs is 1. The van der Waals surface area contributed by atoms with Crippen LogP contribution >= 0.6 is 0 Å². The van der Waals surface area contributed by atoms with Crippen LogP contribution in [0.2, 0.25) is 0 Å². The van der Waals surface area contributed by atoms with Gasteiger partial charge < -0.3 is 15.3 Å². The molecule has 1 aliphatic heterocycles. The number of aryl methyl sites for hydroxylation is 1. The average Bonchev–Trinajstić information content (AvgIpc) is 3.36. The number of aliphatic hydroxyl groups is 1. The molecule has 3 heterocycles. The average molecular weight is 380 g/mol. The van der Waals surface area contributed by atoms with E-state index in [1.807, 2.05) is 50.5 Å². The minimum atomic E-state index is -0.180. The summed E-state index contributed by atoms with van der Waals surface area (Å²) >= 11 is 0. The first-order valence-corrected chi connectivity index (χ1v) is 9.37. The van der Waals surface area contributed by atoms with E-state index in [-0.39, 0.29) is 18.7 Å². The molecule has 0 bridgehead atoms. The molecule has 1 aliphatic rings. The van der Waals surface area contributed by atoms with Crippen LogP contribution < -0.4 is 5.32 Å². The monoisotopic (exact) mass is 380 g/mol. The molecule has 146 valence electrons. The largest absolute Gasteiger partial charge is 0.390 e. The molecule has 0 saturated heterocycles. The fourth-order valence-electron chi connectivity index (χ4n) is 3.80. The summed E-state index contributed by atoms with van der Waals surface area (Å²) in [5, 5.41) is 21.3. The molecule has 2 aromatic heterocycles. The molecule has 28 heavy (non-hydrogen) atoms. The fraction of sp³-hybridized carbons (Fsp3) is 0.350.